The van der Waals surface area contributed by atoms with E-state index in [9.17, 15) is 9.59 Å². The molecule has 26 heavy (non-hydrogen) atoms. The highest BCUT2D eigenvalue weighted by Crippen LogP contribution is 2.40. The Hall–Kier alpha value is -1.14. The van der Waals surface area contributed by atoms with Crippen molar-refractivity contribution >= 4 is 11.8 Å². The second-order valence-corrected chi connectivity index (χ2v) is 8.26. The van der Waals surface area contributed by atoms with Crippen LogP contribution in [0.15, 0.2) is 0 Å². The fourth-order valence-electron chi connectivity index (χ4n) is 5.02. The summed E-state index contributed by atoms with van der Waals surface area (Å²) in [6.07, 6.45) is 6.74. The molecule has 3 saturated heterocycles. The number of carbonyl (C=O) groups excluding carboxylic acids is 2. The number of rotatable bonds is 6. The number of hydrogen-bond acceptors (Lipinski definition) is 4. The maximum atomic E-state index is 13.4. The lowest BCUT2D eigenvalue weighted by Crippen LogP contribution is -2.59. The van der Waals surface area contributed by atoms with E-state index in [-0.39, 0.29) is 17.4 Å². The van der Waals surface area contributed by atoms with Gasteiger partial charge in [-0.2, -0.15) is 0 Å². The highest BCUT2D eigenvalue weighted by atomic mass is 16.5. The Morgan fingerprint density at radius 3 is 2.58 bits per heavy atom. The van der Waals surface area contributed by atoms with Gasteiger partial charge in [0.15, 0.2) is 0 Å². The minimum absolute atomic E-state index is 0.123. The van der Waals surface area contributed by atoms with Crippen LogP contribution in [0.3, 0.4) is 0 Å². The first-order valence-electron chi connectivity index (χ1n) is 10.4. The molecule has 3 heterocycles. The summed E-state index contributed by atoms with van der Waals surface area (Å²) in [6, 6.07) is 0.140. The number of nitrogens with zero attached hydrogens (tertiary/aromatic N) is 3. The van der Waals surface area contributed by atoms with Crippen molar-refractivity contribution in [3.63, 3.8) is 0 Å². The van der Waals surface area contributed by atoms with Crippen LogP contribution in [-0.2, 0) is 14.3 Å². The van der Waals surface area contributed by atoms with E-state index in [1.54, 1.807) is 0 Å². The summed E-state index contributed by atoms with van der Waals surface area (Å²) in [6.45, 7) is 7.83. The van der Waals surface area contributed by atoms with Gasteiger partial charge in [-0.3, -0.25) is 9.59 Å². The Morgan fingerprint density at radius 1 is 1.15 bits per heavy atom. The molecule has 0 N–H and O–H groups in total. The summed E-state index contributed by atoms with van der Waals surface area (Å²) in [5, 5.41) is 0. The van der Waals surface area contributed by atoms with Crippen LogP contribution in [0.2, 0.25) is 0 Å². The molecule has 2 amide bonds. The topological polar surface area (TPSA) is 53.1 Å². The van der Waals surface area contributed by atoms with Crippen molar-refractivity contribution in [1.82, 2.24) is 14.7 Å². The van der Waals surface area contributed by atoms with Gasteiger partial charge in [-0.25, -0.2) is 0 Å². The molecule has 6 nitrogen and oxygen atoms in total. The Labute approximate surface area is 157 Å². The van der Waals surface area contributed by atoms with Crippen LogP contribution in [0.25, 0.3) is 0 Å². The fourth-order valence-corrected chi connectivity index (χ4v) is 5.02. The molecule has 0 spiro atoms. The standard InChI is InChI=1S/C20H35N3O3/c1-3-26-14-8-18(24)21(2)17-7-4-13-23(15-17)19(25)20-9-5-11-22(16-20)12-6-10-20/h17H,3-16H2,1-2H3. The summed E-state index contributed by atoms with van der Waals surface area (Å²) in [7, 11) is 1.88. The van der Waals surface area contributed by atoms with Crippen molar-refractivity contribution in [2.75, 3.05) is 53.0 Å². The number of carbonyl (C=O) groups is 2. The number of likely N-dealkylation sites (N-methyl/N-ethyl adjacent to an activating group) is 1. The van der Waals surface area contributed by atoms with Crippen molar-refractivity contribution in [2.45, 2.75) is 57.9 Å². The lowest BCUT2D eigenvalue weighted by molar-refractivity contribution is -0.152. The number of hydrogen-bond donors (Lipinski definition) is 0. The fraction of sp³-hybridized carbons (Fsp3) is 0.900. The molecular weight excluding hydrogens is 330 g/mol. The Balaban J connectivity index is 1.59. The normalized spacial score (nSPS) is 31.5. The van der Waals surface area contributed by atoms with Crippen LogP contribution in [0.4, 0.5) is 0 Å². The molecule has 3 rings (SSSR count). The summed E-state index contributed by atoms with van der Waals surface area (Å²) < 4.78 is 5.31. The van der Waals surface area contributed by atoms with Gasteiger partial charge in [0, 0.05) is 39.3 Å². The Kier molecular flexibility index (Phi) is 6.56. The lowest BCUT2D eigenvalue weighted by atomic mass is 9.72. The molecule has 0 radical (unpaired) electrons. The number of ether oxygens (including phenoxy) is 1. The number of fused-ring (bicyclic) bond motifs is 2. The van der Waals surface area contributed by atoms with Gasteiger partial charge >= 0.3 is 0 Å². The van der Waals surface area contributed by atoms with Gasteiger partial charge < -0.3 is 19.4 Å². The zero-order valence-electron chi connectivity index (χ0n) is 16.5. The zero-order chi connectivity index (χ0) is 18.6. The largest absolute Gasteiger partial charge is 0.381 e. The molecule has 0 aromatic carbocycles. The highest BCUT2D eigenvalue weighted by molar-refractivity contribution is 5.83. The Bertz CT molecular complexity index is 501. The molecule has 6 heteroatoms. The van der Waals surface area contributed by atoms with E-state index in [1.165, 1.54) is 0 Å². The second kappa shape index (κ2) is 8.70. The van der Waals surface area contributed by atoms with E-state index in [0.717, 1.165) is 64.7 Å². The summed E-state index contributed by atoms with van der Waals surface area (Å²) in [5.41, 5.74) is -0.157. The Morgan fingerprint density at radius 2 is 1.88 bits per heavy atom. The van der Waals surface area contributed by atoms with Gasteiger partial charge in [0.25, 0.3) is 0 Å². The van der Waals surface area contributed by atoms with Crippen molar-refractivity contribution < 1.29 is 14.3 Å². The molecule has 1 atom stereocenters. The quantitative estimate of drug-likeness (QED) is 0.673. The molecule has 0 aromatic rings. The number of likely N-dealkylation sites (tertiary alicyclic amines) is 1. The maximum Gasteiger partial charge on any atom is 0.230 e. The van der Waals surface area contributed by atoms with Crippen LogP contribution in [-0.4, -0.2) is 85.5 Å². The van der Waals surface area contributed by atoms with E-state index in [2.05, 4.69) is 9.80 Å². The predicted molar refractivity (Wildman–Crippen MR) is 101 cm³/mol. The maximum absolute atomic E-state index is 13.4. The van der Waals surface area contributed by atoms with Crippen LogP contribution in [0.1, 0.15) is 51.9 Å². The third-order valence-electron chi connectivity index (χ3n) is 6.53. The van der Waals surface area contributed by atoms with Crippen molar-refractivity contribution in [3.8, 4) is 0 Å². The minimum atomic E-state index is -0.157. The third-order valence-corrected chi connectivity index (χ3v) is 6.53. The van der Waals surface area contributed by atoms with Crippen LogP contribution in [0, 0.1) is 5.41 Å². The zero-order valence-corrected chi connectivity index (χ0v) is 16.5. The lowest BCUT2D eigenvalue weighted by Gasteiger charge is -2.49. The van der Waals surface area contributed by atoms with Crippen molar-refractivity contribution in [3.05, 3.63) is 0 Å². The monoisotopic (exact) mass is 365 g/mol. The van der Waals surface area contributed by atoms with Crippen LogP contribution < -0.4 is 0 Å². The van der Waals surface area contributed by atoms with Crippen LogP contribution in [0.5, 0.6) is 0 Å². The average Bonchev–Trinajstić information content (AvgIpc) is 2.67. The summed E-state index contributed by atoms with van der Waals surface area (Å²) in [5.74, 6) is 0.471. The number of piperidine rings is 3. The predicted octanol–water partition coefficient (Wildman–Crippen LogP) is 1.74. The van der Waals surface area contributed by atoms with Crippen molar-refractivity contribution in [2.24, 2.45) is 5.41 Å². The van der Waals surface area contributed by atoms with Gasteiger partial charge in [0.05, 0.1) is 18.4 Å². The van der Waals surface area contributed by atoms with Gasteiger partial charge in [-0.15, -0.1) is 0 Å². The molecule has 148 valence electrons. The minimum Gasteiger partial charge on any atom is -0.381 e. The first kappa shape index (κ1) is 19.6. The van der Waals surface area contributed by atoms with Gasteiger partial charge in [0.1, 0.15) is 0 Å². The molecule has 0 saturated carbocycles. The smallest absolute Gasteiger partial charge is 0.230 e. The summed E-state index contributed by atoms with van der Waals surface area (Å²) in [4.78, 5) is 32.2. The van der Waals surface area contributed by atoms with Gasteiger partial charge in [-0.1, -0.05) is 0 Å². The summed E-state index contributed by atoms with van der Waals surface area (Å²) >= 11 is 0. The van der Waals surface area contributed by atoms with E-state index in [1.807, 2.05) is 18.9 Å². The molecule has 2 bridgehead atoms. The molecule has 3 aliphatic heterocycles. The average molecular weight is 366 g/mol. The van der Waals surface area contributed by atoms with Gasteiger partial charge in [0.2, 0.25) is 11.8 Å². The molecule has 3 aliphatic rings. The first-order valence-corrected chi connectivity index (χ1v) is 10.4. The molecule has 0 aliphatic carbocycles. The number of amides is 2. The second-order valence-electron chi connectivity index (χ2n) is 8.26. The van der Waals surface area contributed by atoms with Crippen molar-refractivity contribution in [1.29, 1.82) is 0 Å². The molecule has 1 unspecified atom stereocenters. The SMILES string of the molecule is CCOCCC(=O)N(C)C1CCCN(C(=O)C23CCCN(CCC2)C3)C1. The molecular formula is C20H35N3O3. The van der Waals surface area contributed by atoms with Gasteiger partial charge in [-0.05, 0) is 58.5 Å². The first-order chi connectivity index (χ1) is 12.6. The van der Waals surface area contributed by atoms with E-state index in [0.29, 0.717) is 32.1 Å². The highest BCUT2D eigenvalue weighted by Gasteiger charge is 2.46. The molecule has 3 fully saturated rings. The van der Waals surface area contributed by atoms with E-state index < -0.39 is 0 Å². The third kappa shape index (κ3) is 4.22. The van der Waals surface area contributed by atoms with E-state index >= 15 is 0 Å². The van der Waals surface area contributed by atoms with Crippen LogP contribution >= 0.6 is 0 Å². The van der Waals surface area contributed by atoms with E-state index in [4.69, 9.17) is 4.74 Å². The molecule has 0 aromatic heterocycles.